The van der Waals surface area contributed by atoms with Gasteiger partial charge in [0, 0.05) is 26.3 Å². The predicted molar refractivity (Wildman–Crippen MR) is 105 cm³/mol. The first-order chi connectivity index (χ1) is 12.8. The molecule has 0 aliphatic carbocycles. The zero-order valence-corrected chi connectivity index (χ0v) is 15.8. The summed E-state index contributed by atoms with van der Waals surface area (Å²) in [4.78, 5) is 8.60. The minimum Gasteiger partial charge on any atom is -0.381 e. The van der Waals surface area contributed by atoms with Crippen LogP contribution >= 0.6 is 0 Å². The number of hydrogen-bond donors (Lipinski definition) is 2. The molecule has 0 saturated heterocycles. The maximum absolute atomic E-state index is 5.58. The summed E-state index contributed by atoms with van der Waals surface area (Å²) in [5.74, 6) is 0.835. The number of ether oxygens (including phenoxy) is 1. The average molecular weight is 358 g/mol. The minimum atomic E-state index is 0.625. The average Bonchev–Trinajstić information content (AvgIpc) is 3.20. The molecule has 7 heteroatoms. The first kappa shape index (κ1) is 19.9. The van der Waals surface area contributed by atoms with E-state index in [4.69, 9.17) is 4.74 Å². The van der Waals surface area contributed by atoms with Gasteiger partial charge in [-0.3, -0.25) is 0 Å². The number of rotatable bonds is 11. The molecule has 0 bridgehead atoms. The summed E-state index contributed by atoms with van der Waals surface area (Å²) in [5, 5.41) is 10.8. The molecule has 0 radical (unpaired) electrons. The topological polar surface area (TPSA) is 76.4 Å². The Morgan fingerprint density at radius 3 is 2.62 bits per heavy atom. The van der Waals surface area contributed by atoms with E-state index in [0.29, 0.717) is 6.54 Å². The smallest absolute Gasteiger partial charge is 0.191 e. The van der Waals surface area contributed by atoms with Crippen LogP contribution in [0.15, 0.2) is 41.9 Å². The van der Waals surface area contributed by atoms with Crippen LogP contribution in [-0.4, -0.2) is 47.0 Å². The zero-order chi connectivity index (χ0) is 18.5. The molecular weight excluding hydrogens is 328 g/mol. The molecule has 0 atom stereocenters. The fourth-order valence-electron chi connectivity index (χ4n) is 2.34. The molecule has 1 heterocycles. The van der Waals surface area contributed by atoms with Gasteiger partial charge in [0.25, 0.3) is 0 Å². The molecule has 2 rings (SSSR count). The minimum absolute atomic E-state index is 0.625. The molecule has 0 aliphatic heterocycles. The quantitative estimate of drug-likeness (QED) is 0.367. The Hall–Kier alpha value is -2.41. The monoisotopic (exact) mass is 358 g/mol. The molecule has 0 amide bonds. The number of aliphatic imine (C=N–C) groups is 1. The van der Waals surface area contributed by atoms with Crippen LogP contribution < -0.4 is 10.6 Å². The highest BCUT2D eigenvalue weighted by Gasteiger charge is 2.00. The van der Waals surface area contributed by atoms with Crippen molar-refractivity contribution in [2.75, 3.05) is 26.3 Å². The van der Waals surface area contributed by atoms with Crippen LogP contribution in [0.1, 0.15) is 38.7 Å². The maximum atomic E-state index is 5.58. The second-order valence-corrected chi connectivity index (χ2v) is 5.95. The predicted octanol–water partition coefficient (Wildman–Crippen LogP) is 2.53. The van der Waals surface area contributed by atoms with E-state index in [-0.39, 0.29) is 0 Å². The number of nitrogens with one attached hydrogen (secondary N) is 2. The van der Waals surface area contributed by atoms with Crippen molar-refractivity contribution in [1.82, 2.24) is 25.4 Å². The number of nitrogens with zero attached hydrogens (tertiary/aromatic N) is 4. The molecule has 0 unspecified atom stereocenters. The lowest BCUT2D eigenvalue weighted by atomic mass is 10.2. The summed E-state index contributed by atoms with van der Waals surface area (Å²) < 4.78 is 7.31. The summed E-state index contributed by atoms with van der Waals surface area (Å²) in [6, 6.07) is 8.17. The van der Waals surface area contributed by atoms with Gasteiger partial charge in [-0.05, 0) is 37.5 Å². The van der Waals surface area contributed by atoms with Crippen LogP contribution in [-0.2, 0) is 11.3 Å². The Bertz CT molecular complexity index is 624. The molecular formula is C19H30N6O. The Morgan fingerprint density at radius 1 is 1.12 bits per heavy atom. The van der Waals surface area contributed by atoms with Gasteiger partial charge in [-0.25, -0.2) is 14.7 Å². The van der Waals surface area contributed by atoms with Crippen LogP contribution in [0, 0.1) is 0 Å². The summed E-state index contributed by atoms with van der Waals surface area (Å²) in [6.45, 7) is 8.20. The third-order valence-corrected chi connectivity index (χ3v) is 3.78. The van der Waals surface area contributed by atoms with E-state index in [0.717, 1.165) is 56.4 Å². The third-order valence-electron chi connectivity index (χ3n) is 3.78. The van der Waals surface area contributed by atoms with Gasteiger partial charge in [0.15, 0.2) is 5.96 Å². The van der Waals surface area contributed by atoms with Gasteiger partial charge in [0.2, 0.25) is 0 Å². The third kappa shape index (κ3) is 7.23. The molecule has 0 aliphatic rings. The lowest BCUT2D eigenvalue weighted by Crippen LogP contribution is -2.38. The van der Waals surface area contributed by atoms with Gasteiger partial charge >= 0.3 is 0 Å². The highest BCUT2D eigenvalue weighted by molar-refractivity contribution is 5.79. The van der Waals surface area contributed by atoms with E-state index >= 15 is 0 Å². The Balaban J connectivity index is 1.76. The molecule has 0 saturated carbocycles. The van der Waals surface area contributed by atoms with E-state index in [2.05, 4.69) is 51.7 Å². The Kier molecular flexibility index (Phi) is 9.21. The van der Waals surface area contributed by atoms with Crippen LogP contribution in [0.3, 0.4) is 0 Å². The summed E-state index contributed by atoms with van der Waals surface area (Å²) in [5.41, 5.74) is 2.14. The van der Waals surface area contributed by atoms with Gasteiger partial charge in [0.05, 0.1) is 12.2 Å². The van der Waals surface area contributed by atoms with E-state index in [9.17, 15) is 0 Å². The van der Waals surface area contributed by atoms with Crippen molar-refractivity contribution in [3.8, 4) is 5.69 Å². The van der Waals surface area contributed by atoms with E-state index in [1.165, 1.54) is 12.7 Å². The number of guanidine groups is 1. The molecule has 0 fully saturated rings. The molecule has 26 heavy (non-hydrogen) atoms. The lowest BCUT2D eigenvalue weighted by molar-refractivity contribution is 0.129. The van der Waals surface area contributed by atoms with Crippen molar-refractivity contribution in [2.24, 2.45) is 4.99 Å². The van der Waals surface area contributed by atoms with Crippen molar-refractivity contribution in [1.29, 1.82) is 0 Å². The van der Waals surface area contributed by atoms with Gasteiger partial charge < -0.3 is 15.4 Å². The number of aromatic nitrogens is 3. The molecule has 0 spiro atoms. The number of unbranched alkanes of at least 4 members (excludes halogenated alkanes) is 1. The van der Waals surface area contributed by atoms with Gasteiger partial charge in [-0.15, -0.1) is 0 Å². The lowest BCUT2D eigenvalue weighted by Gasteiger charge is -2.11. The zero-order valence-electron chi connectivity index (χ0n) is 15.8. The summed E-state index contributed by atoms with van der Waals surface area (Å²) in [7, 11) is 0. The van der Waals surface area contributed by atoms with Crippen molar-refractivity contribution >= 4 is 5.96 Å². The highest BCUT2D eigenvalue weighted by Crippen LogP contribution is 2.08. The summed E-state index contributed by atoms with van der Waals surface area (Å²) >= 11 is 0. The van der Waals surface area contributed by atoms with E-state index in [1.54, 1.807) is 11.0 Å². The van der Waals surface area contributed by atoms with Crippen molar-refractivity contribution in [3.63, 3.8) is 0 Å². The normalized spacial score (nSPS) is 11.5. The van der Waals surface area contributed by atoms with Gasteiger partial charge in [0.1, 0.15) is 12.7 Å². The fourth-order valence-corrected chi connectivity index (χ4v) is 2.34. The number of hydrogen-bond acceptors (Lipinski definition) is 4. The largest absolute Gasteiger partial charge is 0.381 e. The first-order valence-corrected chi connectivity index (χ1v) is 9.37. The highest BCUT2D eigenvalue weighted by atomic mass is 16.5. The van der Waals surface area contributed by atoms with Crippen LogP contribution in [0.4, 0.5) is 0 Å². The van der Waals surface area contributed by atoms with Crippen molar-refractivity contribution < 1.29 is 4.74 Å². The molecule has 142 valence electrons. The maximum Gasteiger partial charge on any atom is 0.191 e. The van der Waals surface area contributed by atoms with Gasteiger partial charge in [-0.1, -0.05) is 25.5 Å². The SMILES string of the molecule is CCCCOCCCNC(=NCc1ccc(-n2cncn2)cc1)NCC. The van der Waals surface area contributed by atoms with E-state index in [1.807, 2.05) is 12.1 Å². The fraction of sp³-hybridized carbons (Fsp3) is 0.526. The summed E-state index contributed by atoms with van der Waals surface area (Å²) in [6.07, 6.45) is 6.50. The van der Waals surface area contributed by atoms with Gasteiger partial charge in [-0.2, -0.15) is 5.10 Å². The van der Waals surface area contributed by atoms with Crippen molar-refractivity contribution in [3.05, 3.63) is 42.5 Å². The molecule has 7 nitrogen and oxygen atoms in total. The van der Waals surface area contributed by atoms with Crippen LogP contribution in [0.25, 0.3) is 5.69 Å². The Labute approximate surface area is 155 Å². The molecule has 1 aromatic heterocycles. The molecule has 1 aromatic carbocycles. The molecule has 2 aromatic rings. The Morgan fingerprint density at radius 2 is 1.92 bits per heavy atom. The molecule has 2 N–H and O–H groups in total. The number of benzene rings is 1. The van der Waals surface area contributed by atoms with Crippen molar-refractivity contribution in [2.45, 2.75) is 39.7 Å². The first-order valence-electron chi connectivity index (χ1n) is 9.37. The van der Waals surface area contributed by atoms with E-state index < -0.39 is 0 Å². The standard InChI is InChI=1S/C19H30N6O/c1-3-5-12-26-13-6-11-22-19(21-4-2)23-14-17-7-9-18(10-8-17)25-16-20-15-24-25/h7-10,15-16H,3-6,11-14H2,1-2H3,(H2,21,22,23). The van der Waals surface area contributed by atoms with Crippen LogP contribution in [0.2, 0.25) is 0 Å². The second-order valence-electron chi connectivity index (χ2n) is 5.95. The van der Waals surface area contributed by atoms with Crippen LogP contribution in [0.5, 0.6) is 0 Å². The second kappa shape index (κ2) is 12.0.